The summed E-state index contributed by atoms with van der Waals surface area (Å²) in [6.07, 6.45) is 0.970. The standard InChI is InChI=1S/C9H9FN2O/c10-7-5-6(7)9(13)12-8-3-1-2-4-11-8/h1-4,6-7H,5H2,(H,11,12,13)/t6-,7+/m1/s1. The number of anilines is 1. The Morgan fingerprint density at radius 2 is 2.38 bits per heavy atom. The Hall–Kier alpha value is -1.45. The van der Waals surface area contributed by atoms with Gasteiger partial charge in [0, 0.05) is 6.20 Å². The van der Waals surface area contributed by atoms with Gasteiger partial charge in [0.1, 0.15) is 12.0 Å². The number of alkyl halides is 1. The number of pyridine rings is 1. The summed E-state index contributed by atoms with van der Waals surface area (Å²) in [7, 11) is 0. The second kappa shape index (κ2) is 3.12. The second-order valence-electron chi connectivity index (χ2n) is 3.06. The number of carbonyl (C=O) groups is 1. The predicted molar refractivity (Wildman–Crippen MR) is 45.9 cm³/mol. The van der Waals surface area contributed by atoms with Crippen LogP contribution in [-0.2, 0) is 4.79 Å². The van der Waals surface area contributed by atoms with Crippen molar-refractivity contribution in [1.29, 1.82) is 0 Å². The molecule has 1 aliphatic carbocycles. The lowest BCUT2D eigenvalue weighted by Crippen LogP contribution is -2.15. The van der Waals surface area contributed by atoms with Gasteiger partial charge in [-0.3, -0.25) is 4.79 Å². The van der Waals surface area contributed by atoms with Crippen LogP contribution < -0.4 is 5.32 Å². The molecule has 0 aliphatic heterocycles. The fourth-order valence-electron chi connectivity index (χ4n) is 1.09. The van der Waals surface area contributed by atoms with E-state index in [9.17, 15) is 9.18 Å². The maximum atomic E-state index is 12.4. The van der Waals surface area contributed by atoms with Gasteiger partial charge in [0.25, 0.3) is 0 Å². The molecule has 13 heavy (non-hydrogen) atoms. The topological polar surface area (TPSA) is 42.0 Å². The number of amides is 1. The van der Waals surface area contributed by atoms with E-state index in [0.29, 0.717) is 12.2 Å². The minimum Gasteiger partial charge on any atom is -0.310 e. The molecule has 1 saturated carbocycles. The number of aromatic nitrogens is 1. The minimum atomic E-state index is -0.955. The van der Waals surface area contributed by atoms with Gasteiger partial charge in [0.05, 0.1) is 5.92 Å². The zero-order valence-corrected chi connectivity index (χ0v) is 6.90. The molecule has 3 nitrogen and oxygen atoms in total. The van der Waals surface area contributed by atoms with Crippen molar-refractivity contribution in [3.05, 3.63) is 24.4 Å². The summed E-state index contributed by atoms with van der Waals surface area (Å²) in [4.78, 5) is 15.1. The number of nitrogens with one attached hydrogen (secondary N) is 1. The Labute approximate surface area is 75.0 Å². The lowest BCUT2D eigenvalue weighted by Gasteiger charge is -2.00. The largest absolute Gasteiger partial charge is 0.310 e. The summed E-state index contributed by atoms with van der Waals surface area (Å²) in [5.41, 5.74) is 0. The summed E-state index contributed by atoms with van der Waals surface area (Å²) in [5, 5.41) is 2.54. The Kier molecular flexibility index (Phi) is 1.96. The normalized spacial score (nSPS) is 25.3. The molecule has 0 aromatic carbocycles. The average Bonchev–Trinajstić information content (AvgIpc) is 2.84. The van der Waals surface area contributed by atoms with E-state index < -0.39 is 12.1 Å². The smallest absolute Gasteiger partial charge is 0.231 e. The van der Waals surface area contributed by atoms with Crippen molar-refractivity contribution < 1.29 is 9.18 Å². The van der Waals surface area contributed by atoms with Crippen molar-refractivity contribution in [3.8, 4) is 0 Å². The van der Waals surface area contributed by atoms with Gasteiger partial charge >= 0.3 is 0 Å². The molecule has 68 valence electrons. The van der Waals surface area contributed by atoms with E-state index in [-0.39, 0.29) is 5.91 Å². The summed E-state index contributed by atoms with van der Waals surface area (Å²) < 4.78 is 12.4. The molecule has 1 aromatic rings. The van der Waals surface area contributed by atoms with Crippen molar-refractivity contribution >= 4 is 11.7 Å². The number of halogens is 1. The van der Waals surface area contributed by atoms with Crippen LogP contribution in [0.3, 0.4) is 0 Å². The van der Waals surface area contributed by atoms with E-state index in [0.717, 1.165) is 0 Å². The molecule has 1 N–H and O–H groups in total. The number of hydrogen-bond acceptors (Lipinski definition) is 2. The van der Waals surface area contributed by atoms with Gasteiger partial charge in [-0.1, -0.05) is 6.07 Å². The third-order valence-corrected chi connectivity index (χ3v) is 1.97. The first-order chi connectivity index (χ1) is 6.27. The maximum Gasteiger partial charge on any atom is 0.231 e. The van der Waals surface area contributed by atoms with Gasteiger partial charge in [-0.2, -0.15) is 0 Å². The van der Waals surface area contributed by atoms with Gasteiger partial charge < -0.3 is 5.32 Å². The molecule has 0 spiro atoms. The summed E-state index contributed by atoms with van der Waals surface area (Å²) in [5.74, 6) is -0.250. The first-order valence-electron chi connectivity index (χ1n) is 4.13. The maximum absolute atomic E-state index is 12.4. The van der Waals surface area contributed by atoms with E-state index in [1.807, 2.05) is 0 Å². The van der Waals surface area contributed by atoms with Crippen molar-refractivity contribution in [2.24, 2.45) is 5.92 Å². The molecule has 4 heteroatoms. The number of carbonyl (C=O) groups excluding carboxylic acids is 1. The van der Waals surface area contributed by atoms with Crippen LogP contribution >= 0.6 is 0 Å². The zero-order valence-electron chi connectivity index (χ0n) is 6.90. The SMILES string of the molecule is O=C(Nc1ccccn1)[C@@H]1C[C@@H]1F. The van der Waals surface area contributed by atoms with Gasteiger partial charge in [-0.15, -0.1) is 0 Å². The van der Waals surface area contributed by atoms with E-state index in [4.69, 9.17) is 0 Å². The molecule has 1 aromatic heterocycles. The second-order valence-corrected chi connectivity index (χ2v) is 3.06. The average molecular weight is 180 g/mol. The highest BCUT2D eigenvalue weighted by Crippen LogP contribution is 2.34. The van der Waals surface area contributed by atoms with Crippen LogP contribution in [0.25, 0.3) is 0 Å². The van der Waals surface area contributed by atoms with Gasteiger partial charge in [0.15, 0.2) is 0 Å². The molecule has 0 radical (unpaired) electrons. The van der Waals surface area contributed by atoms with Crippen LogP contribution in [-0.4, -0.2) is 17.1 Å². The van der Waals surface area contributed by atoms with Crippen molar-refractivity contribution in [2.75, 3.05) is 5.32 Å². The monoisotopic (exact) mass is 180 g/mol. The highest BCUT2D eigenvalue weighted by Gasteiger charge is 2.43. The third-order valence-electron chi connectivity index (χ3n) is 1.97. The van der Waals surface area contributed by atoms with Gasteiger partial charge in [-0.05, 0) is 18.6 Å². The first-order valence-corrected chi connectivity index (χ1v) is 4.13. The van der Waals surface area contributed by atoms with Crippen molar-refractivity contribution in [1.82, 2.24) is 4.98 Å². The molecule has 1 aliphatic rings. The molecule has 1 fully saturated rings. The summed E-state index contributed by atoms with van der Waals surface area (Å²) >= 11 is 0. The van der Waals surface area contributed by atoms with Crippen molar-refractivity contribution in [3.63, 3.8) is 0 Å². The molecule has 1 amide bonds. The summed E-state index contributed by atoms with van der Waals surface area (Å²) in [6, 6.07) is 5.20. The van der Waals surface area contributed by atoms with Crippen molar-refractivity contribution in [2.45, 2.75) is 12.6 Å². The Bertz CT molecular complexity index is 315. The molecular weight excluding hydrogens is 171 g/mol. The molecule has 0 bridgehead atoms. The van der Waals surface area contributed by atoms with Crippen LogP contribution in [0.1, 0.15) is 6.42 Å². The Balaban J connectivity index is 1.95. The lowest BCUT2D eigenvalue weighted by molar-refractivity contribution is -0.117. The van der Waals surface area contributed by atoms with E-state index in [1.165, 1.54) is 0 Å². The zero-order chi connectivity index (χ0) is 9.26. The van der Waals surface area contributed by atoms with Crippen LogP contribution in [0.15, 0.2) is 24.4 Å². The number of rotatable bonds is 2. The highest BCUT2D eigenvalue weighted by atomic mass is 19.1. The highest BCUT2D eigenvalue weighted by molar-refractivity contribution is 5.93. The number of hydrogen-bond donors (Lipinski definition) is 1. The molecule has 2 rings (SSSR count). The van der Waals surface area contributed by atoms with E-state index in [1.54, 1.807) is 24.4 Å². The fraction of sp³-hybridized carbons (Fsp3) is 0.333. The van der Waals surface area contributed by atoms with Crippen LogP contribution in [0.4, 0.5) is 10.2 Å². The molecule has 0 unspecified atom stereocenters. The van der Waals surface area contributed by atoms with Crippen LogP contribution in [0, 0.1) is 5.92 Å². The van der Waals surface area contributed by atoms with E-state index in [2.05, 4.69) is 10.3 Å². The lowest BCUT2D eigenvalue weighted by atomic mass is 10.4. The third kappa shape index (κ3) is 1.83. The van der Waals surface area contributed by atoms with Crippen LogP contribution in [0.5, 0.6) is 0 Å². The first kappa shape index (κ1) is 8.16. The quantitative estimate of drug-likeness (QED) is 0.747. The van der Waals surface area contributed by atoms with Gasteiger partial charge in [0.2, 0.25) is 5.91 Å². The molecular formula is C9H9FN2O. The predicted octanol–water partition coefficient (Wildman–Crippen LogP) is 1.38. The van der Waals surface area contributed by atoms with E-state index >= 15 is 0 Å². The molecule has 0 saturated heterocycles. The Morgan fingerprint density at radius 3 is 2.92 bits per heavy atom. The molecule has 1 heterocycles. The fourth-order valence-corrected chi connectivity index (χ4v) is 1.09. The Morgan fingerprint density at radius 1 is 1.62 bits per heavy atom. The molecule has 2 atom stereocenters. The van der Waals surface area contributed by atoms with Crippen LogP contribution in [0.2, 0.25) is 0 Å². The van der Waals surface area contributed by atoms with Gasteiger partial charge in [-0.25, -0.2) is 9.37 Å². The minimum absolute atomic E-state index is 0.272. The summed E-state index contributed by atoms with van der Waals surface area (Å²) in [6.45, 7) is 0. The number of nitrogens with zero attached hydrogens (tertiary/aromatic N) is 1.